The molecule has 6 heteroatoms. The van der Waals surface area contributed by atoms with Gasteiger partial charge in [0.05, 0.1) is 10.9 Å². The Hall–Kier alpha value is -1.72. The standard InChI is InChI=1S/C19H24ClN3OS/c1-2-22(14-16-8-9-18(20)25-16)19(24)21-11-5-12-23-13-10-15-6-3-4-7-17(15)23/h3-4,6-9H,2,5,10-14H2,1H3,(H,21,24). The average Bonchev–Trinajstić information content (AvgIpc) is 3.22. The van der Waals surface area contributed by atoms with Gasteiger partial charge in [-0.1, -0.05) is 29.8 Å². The van der Waals surface area contributed by atoms with Gasteiger partial charge in [-0.2, -0.15) is 0 Å². The second-order valence-electron chi connectivity index (χ2n) is 6.17. The molecule has 4 nitrogen and oxygen atoms in total. The van der Waals surface area contributed by atoms with E-state index < -0.39 is 0 Å². The van der Waals surface area contributed by atoms with E-state index >= 15 is 0 Å². The molecule has 2 amide bonds. The third kappa shape index (κ3) is 4.67. The minimum Gasteiger partial charge on any atom is -0.371 e. The lowest BCUT2D eigenvalue weighted by molar-refractivity contribution is 0.198. The number of rotatable bonds is 7. The Morgan fingerprint density at radius 1 is 1.32 bits per heavy atom. The summed E-state index contributed by atoms with van der Waals surface area (Å²) in [6.07, 6.45) is 2.07. The van der Waals surface area contributed by atoms with Gasteiger partial charge in [-0.3, -0.25) is 0 Å². The highest BCUT2D eigenvalue weighted by Crippen LogP contribution is 2.27. The SMILES string of the molecule is CCN(Cc1ccc(Cl)s1)C(=O)NCCCN1CCc2ccccc21. The van der Waals surface area contributed by atoms with Crippen LogP contribution in [0.25, 0.3) is 0 Å². The van der Waals surface area contributed by atoms with Gasteiger partial charge in [-0.05, 0) is 43.5 Å². The van der Waals surface area contributed by atoms with Crippen LogP contribution in [0.15, 0.2) is 36.4 Å². The monoisotopic (exact) mass is 377 g/mol. The van der Waals surface area contributed by atoms with Gasteiger partial charge in [0.1, 0.15) is 0 Å². The number of amides is 2. The van der Waals surface area contributed by atoms with Gasteiger partial charge in [0.15, 0.2) is 0 Å². The summed E-state index contributed by atoms with van der Waals surface area (Å²) in [4.78, 5) is 17.7. The Bertz CT molecular complexity index is 718. The van der Waals surface area contributed by atoms with Gasteiger partial charge in [0.25, 0.3) is 0 Å². The molecule has 2 heterocycles. The normalized spacial score (nSPS) is 13.0. The maximum Gasteiger partial charge on any atom is 0.317 e. The maximum absolute atomic E-state index is 12.4. The van der Waals surface area contributed by atoms with Gasteiger partial charge in [-0.15, -0.1) is 11.3 Å². The number of urea groups is 1. The molecule has 1 aromatic heterocycles. The van der Waals surface area contributed by atoms with E-state index in [9.17, 15) is 4.79 Å². The fraction of sp³-hybridized carbons (Fsp3) is 0.421. The Morgan fingerprint density at radius 2 is 2.16 bits per heavy atom. The van der Waals surface area contributed by atoms with Crippen LogP contribution in [0.5, 0.6) is 0 Å². The Kier molecular flexibility index (Phi) is 6.21. The summed E-state index contributed by atoms with van der Waals surface area (Å²) >= 11 is 7.49. The van der Waals surface area contributed by atoms with Crippen molar-refractivity contribution in [3.05, 3.63) is 51.2 Å². The number of hydrogen-bond acceptors (Lipinski definition) is 3. The second kappa shape index (κ2) is 8.59. The minimum absolute atomic E-state index is 0.00570. The number of carbonyl (C=O) groups is 1. The number of thiophene rings is 1. The highest BCUT2D eigenvalue weighted by molar-refractivity contribution is 7.16. The number of nitrogens with zero attached hydrogens (tertiary/aromatic N) is 2. The zero-order valence-electron chi connectivity index (χ0n) is 14.5. The molecular formula is C19H24ClN3OS. The van der Waals surface area contributed by atoms with Crippen molar-refractivity contribution in [3.8, 4) is 0 Å². The zero-order chi connectivity index (χ0) is 17.6. The van der Waals surface area contributed by atoms with Crippen molar-refractivity contribution < 1.29 is 4.79 Å². The van der Waals surface area contributed by atoms with Crippen LogP contribution in [-0.2, 0) is 13.0 Å². The van der Waals surface area contributed by atoms with E-state index in [1.54, 1.807) is 0 Å². The number of benzene rings is 1. The molecule has 0 fully saturated rings. The molecule has 0 atom stereocenters. The van der Waals surface area contributed by atoms with E-state index in [1.165, 1.54) is 22.6 Å². The first-order valence-electron chi connectivity index (χ1n) is 8.77. The lowest BCUT2D eigenvalue weighted by Crippen LogP contribution is -2.40. The Labute approximate surface area is 158 Å². The van der Waals surface area contributed by atoms with Crippen molar-refractivity contribution in [2.45, 2.75) is 26.3 Å². The van der Waals surface area contributed by atoms with Crippen molar-refractivity contribution in [2.24, 2.45) is 0 Å². The summed E-state index contributed by atoms with van der Waals surface area (Å²) in [5.41, 5.74) is 2.77. The van der Waals surface area contributed by atoms with Crippen molar-refractivity contribution in [1.82, 2.24) is 10.2 Å². The molecule has 0 radical (unpaired) electrons. The predicted octanol–water partition coefficient (Wildman–Crippen LogP) is 4.39. The highest BCUT2D eigenvalue weighted by atomic mass is 35.5. The van der Waals surface area contributed by atoms with Crippen LogP contribution in [0.2, 0.25) is 4.34 Å². The molecule has 3 rings (SSSR count). The first-order chi connectivity index (χ1) is 12.2. The van der Waals surface area contributed by atoms with Gasteiger partial charge in [0.2, 0.25) is 0 Å². The molecule has 0 saturated heterocycles. The van der Waals surface area contributed by atoms with E-state index in [0.717, 1.165) is 35.1 Å². The highest BCUT2D eigenvalue weighted by Gasteiger charge is 2.18. The molecule has 0 aliphatic carbocycles. The van der Waals surface area contributed by atoms with Crippen molar-refractivity contribution in [2.75, 3.05) is 31.1 Å². The minimum atomic E-state index is -0.00570. The molecule has 134 valence electrons. The molecule has 1 N–H and O–H groups in total. The van der Waals surface area contributed by atoms with Crippen molar-refractivity contribution in [3.63, 3.8) is 0 Å². The maximum atomic E-state index is 12.4. The van der Waals surface area contributed by atoms with Crippen LogP contribution in [0.3, 0.4) is 0 Å². The molecule has 0 bridgehead atoms. The fourth-order valence-corrected chi connectivity index (χ4v) is 4.27. The number of anilines is 1. The van der Waals surface area contributed by atoms with E-state index in [1.807, 2.05) is 24.0 Å². The summed E-state index contributed by atoms with van der Waals surface area (Å²) in [6.45, 7) is 6.03. The number of fused-ring (bicyclic) bond motifs is 1. The number of carbonyl (C=O) groups excluding carboxylic acids is 1. The van der Waals surface area contributed by atoms with E-state index in [0.29, 0.717) is 19.6 Å². The van der Waals surface area contributed by atoms with Crippen LogP contribution < -0.4 is 10.2 Å². The molecule has 25 heavy (non-hydrogen) atoms. The molecule has 0 unspecified atom stereocenters. The summed E-state index contributed by atoms with van der Waals surface area (Å²) in [5, 5.41) is 3.04. The number of hydrogen-bond donors (Lipinski definition) is 1. The second-order valence-corrected chi connectivity index (χ2v) is 7.97. The molecule has 1 aliphatic rings. The van der Waals surface area contributed by atoms with Gasteiger partial charge in [-0.25, -0.2) is 4.79 Å². The Morgan fingerprint density at radius 3 is 2.92 bits per heavy atom. The summed E-state index contributed by atoms with van der Waals surface area (Å²) in [7, 11) is 0. The van der Waals surface area contributed by atoms with E-state index in [4.69, 9.17) is 11.6 Å². The Balaban J connectivity index is 1.41. The largest absolute Gasteiger partial charge is 0.371 e. The number of nitrogens with one attached hydrogen (secondary N) is 1. The van der Waals surface area contributed by atoms with Crippen LogP contribution in [0, 0.1) is 0 Å². The smallest absolute Gasteiger partial charge is 0.317 e. The first kappa shape index (κ1) is 18.1. The summed E-state index contributed by atoms with van der Waals surface area (Å²) in [5.74, 6) is 0. The van der Waals surface area contributed by atoms with Crippen LogP contribution in [0.1, 0.15) is 23.8 Å². The molecule has 1 aliphatic heterocycles. The van der Waals surface area contributed by atoms with Crippen LogP contribution in [-0.4, -0.2) is 37.1 Å². The quantitative estimate of drug-likeness (QED) is 0.726. The summed E-state index contributed by atoms with van der Waals surface area (Å²) in [6, 6.07) is 12.4. The molecule has 0 spiro atoms. The molecular weight excluding hydrogens is 354 g/mol. The molecule has 1 aromatic carbocycles. The number of para-hydroxylation sites is 1. The van der Waals surface area contributed by atoms with Crippen LogP contribution >= 0.6 is 22.9 Å². The molecule has 0 saturated carbocycles. The predicted molar refractivity (Wildman–Crippen MR) is 106 cm³/mol. The van der Waals surface area contributed by atoms with Crippen molar-refractivity contribution >= 4 is 34.7 Å². The number of halogens is 1. The average molecular weight is 378 g/mol. The van der Waals surface area contributed by atoms with E-state index in [-0.39, 0.29) is 6.03 Å². The lowest BCUT2D eigenvalue weighted by Gasteiger charge is -2.22. The van der Waals surface area contributed by atoms with Crippen molar-refractivity contribution in [1.29, 1.82) is 0 Å². The van der Waals surface area contributed by atoms with Crippen LogP contribution in [0.4, 0.5) is 10.5 Å². The third-order valence-corrected chi connectivity index (χ3v) is 5.72. The topological polar surface area (TPSA) is 35.6 Å². The lowest BCUT2D eigenvalue weighted by atomic mass is 10.2. The van der Waals surface area contributed by atoms with Gasteiger partial charge in [0, 0.05) is 36.7 Å². The van der Waals surface area contributed by atoms with Gasteiger partial charge >= 0.3 is 6.03 Å². The first-order valence-corrected chi connectivity index (χ1v) is 9.96. The summed E-state index contributed by atoms with van der Waals surface area (Å²) < 4.78 is 0.761. The zero-order valence-corrected chi connectivity index (χ0v) is 16.1. The fourth-order valence-electron chi connectivity index (χ4n) is 3.17. The van der Waals surface area contributed by atoms with Gasteiger partial charge < -0.3 is 15.1 Å². The van der Waals surface area contributed by atoms with E-state index in [2.05, 4.69) is 34.5 Å². The molecule has 2 aromatic rings. The third-order valence-electron chi connectivity index (χ3n) is 4.51.